The quantitative estimate of drug-likeness (QED) is 0.264. The van der Waals surface area contributed by atoms with Gasteiger partial charge in [-0.3, -0.25) is 9.59 Å². The molecule has 0 bridgehead atoms. The molecule has 3 aromatic rings. The Kier molecular flexibility index (Phi) is 17.5. The van der Waals surface area contributed by atoms with Crippen LogP contribution in [0.4, 0.5) is 0 Å². The summed E-state index contributed by atoms with van der Waals surface area (Å²) in [7, 11) is 14.9. The van der Waals surface area contributed by atoms with E-state index in [1.165, 1.54) is 32.1 Å². The first-order valence-electron chi connectivity index (χ1n) is 9.75. The first-order valence-corrected chi connectivity index (χ1v) is 18.7. The molecule has 0 unspecified atom stereocenters. The van der Waals surface area contributed by atoms with Crippen LogP contribution < -0.4 is 0 Å². The van der Waals surface area contributed by atoms with Crippen molar-refractivity contribution in [2.24, 2.45) is 0 Å². The van der Waals surface area contributed by atoms with Gasteiger partial charge in [-0.2, -0.15) is 0 Å². The normalized spacial score (nSPS) is 9.71. The molecule has 0 radical (unpaired) electrons. The number of halogens is 3. The smallest absolute Gasteiger partial charge is 0.0709 e. The number of hydrogen-bond donors (Lipinski definition) is 0. The van der Waals surface area contributed by atoms with Gasteiger partial charge in [0.25, 0.3) is 0 Å². The van der Waals surface area contributed by atoms with E-state index >= 15 is 0 Å². The molecule has 3 rings (SSSR count). The molecule has 172 valence electrons. The Bertz CT molecular complexity index is 889. The molecule has 31 heavy (non-hydrogen) atoms. The van der Waals surface area contributed by atoms with Crippen LogP contribution in [0.2, 0.25) is 0 Å². The third-order valence-corrected chi connectivity index (χ3v) is 3.67. The van der Waals surface area contributed by atoms with Crippen molar-refractivity contribution < 1.29 is 23.0 Å². The molecule has 2 aromatic carbocycles. The molecule has 0 aliphatic carbocycles. The van der Waals surface area contributed by atoms with Crippen LogP contribution in [-0.2, 0) is 23.0 Å². The first kappa shape index (κ1) is 29.7. The Labute approximate surface area is 203 Å². The molecule has 0 saturated carbocycles. The van der Waals surface area contributed by atoms with Crippen molar-refractivity contribution in [3.05, 3.63) is 66.7 Å². The van der Waals surface area contributed by atoms with Crippen LogP contribution in [0, 0.1) is 0 Å². The monoisotopic (exact) mass is 661 g/mol. The van der Waals surface area contributed by atoms with Crippen molar-refractivity contribution >= 4 is 51.2 Å². The number of pyridine rings is 1. The number of rotatable bonds is 4. The number of ketones is 2. The fourth-order valence-corrected chi connectivity index (χ4v) is 2.19. The SMILES string of the molecule is CC(=O)CC(C)=O.CCCC.[Cl][Ir]([Cl])[Cl].c1ccc(-c2ccc3ccccc3n2)cc1. The van der Waals surface area contributed by atoms with Crippen molar-refractivity contribution in [3.8, 4) is 11.3 Å². The van der Waals surface area contributed by atoms with Crippen LogP contribution in [0.5, 0.6) is 0 Å². The van der Waals surface area contributed by atoms with E-state index in [9.17, 15) is 9.59 Å². The van der Waals surface area contributed by atoms with Gasteiger partial charge >= 0.3 is 42.2 Å². The van der Waals surface area contributed by atoms with Gasteiger partial charge in [0.15, 0.2) is 0 Å². The van der Waals surface area contributed by atoms with Gasteiger partial charge in [0.1, 0.15) is 11.6 Å². The van der Waals surface area contributed by atoms with E-state index in [0.717, 1.165) is 16.8 Å². The summed E-state index contributed by atoms with van der Waals surface area (Å²) >= 11 is -1.92. The van der Waals surface area contributed by atoms with E-state index in [-0.39, 0.29) is 18.0 Å². The minimum absolute atomic E-state index is 0.0625. The molecule has 3 nitrogen and oxygen atoms in total. The summed E-state index contributed by atoms with van der Waals surface area (Å²) in [6.07, 6.45) is 2.72. The van der Waals surface area contributed by atoms with Crippen molar-refractivity contribution in [2.45, 2.75) is 47.0 Å². The maximum atomic E-state index is 10.0. The van der Waals surface area contributed by atoms with E-state index < -0.39 is 13.5 Å². The molecular formula is C24H29Cl3IrNO2. The van der Waals surface area contributed by atoms with Gasteiger partial charge in [-0.15, -0.1) is 0 Å². The van der Waals surface area contributed by atoms with Crippen LogP contribution in [0.1, 0.15) is 47.0 Å². The van der Waals surface area contributed by atoms with Crippen molar-refractivity contribution in [1.82, 2.24) is 4.98 Å². The minimum Gasteiger partial charge on any atom is -0.248 e. The van der Waals surface area contributed by atoms with E-state index in [0.29, 0.717) is 0 Å². The molecule has 0 N–H and O–H groups in total. The molecule has 1 aromatic heterocycles. The summed E-state index contributed by atoms with van der Waals surface area (Å²) in [5.74, 6) is -0.125. The number of nitrogens with zero attached hydrogens (tertiary/aromatic N) is 1. The summed E-state index contributed by atoms with van der Waals surface area (Å²) in [5, 5.41) is 1.18. The predicted molar refractivity (Wildman–Crippen MR) is 131 cm³/mol. The minimum atomic E-state index is -1.92. The third-order valence-electron chi connectivity index (χ3n) is 3.67. The van der Waals surface area contributed by atoms with Gasteiger partial charge in [-0.25, -0.2) is 4.98 Å². The standard InChI is InChI=1S/C15H11N.C5H8O2.C4H10.3ClH.Ir/c1-2-6-12(7-3-1)15-11-10-13-8-4-5-9-14(13)16-15;1-4(6)3-5(2)7;1-3-4-2;;;;/h1-11H;3H2,1-2H3;3-4H2,1-2H3;3*1H;/q;;;;;;+3/p-3. The van der Waals surface area contributed by atoms with Gasteiger partial charge in [0.05, 0.1) is 17.6 Å². The van der Waals surface area contributed by atoms with Gasteiger partial charge in [-0.05, 0) is 26.0 Å². The zero-order valence-electron chi connectivity index (χ0n) is 18.2. The second-order valence-corrected chi connectivity index (χ2v) is 16.9. The second kappa shape index (κ2) is 18.3. The Balaban J connectivity index is 0.000000502. The van der Waals surface area contributed by atoms with Gasteiger partial charge in [0, 0.05) is 10.9 Å². The number of fused-ring (bicyclic) bond motifs is 1. The molecule has 0 amide bonds. The van der Waals surface area contributed by atoms with Gasteiger partial charge in [0.2, 0.25) is 0 Å². The van der Waals surface area contributed by atoms with Crippen LogP contribution in [-0.4, -0.2) is 16.6 Å². The molecular weight excluding hydrogens is 633 g/mol. The summed E-state index contributed by atoms with van der Waals surface area (Å²) < 4.78 is 0. The number of benzene rings is 2. The number of unbranched alkanes of at least 4 members (excludes halogenated alkanes) is 1. The maximum Gasteiger partial charge on any atom is 0.0709 e. The van der Waals surface area contributed by atoms with Crippen LogP contribution in [0.15, 0.2) is 66.7 Å². The Hall–Kier alpha value is -1.29. The van der Waals surface area contributed by atoms with Crippen LogP contribution in [0.25, 0.3) is 22.2 Å². The van der Waals surface area contributed by atoms with Gasteiger partial charge < -0.3 is 0 Å². The molecule has 0 spiro atoms. The van der Waals surface area contributed by atoms with Crippen LogP contribution >= 0.6 is 28.8 Å². The average molecular weight is 662 g/mol. The summed E-state index contributed by atoms with van der Waals surface area (Å²) in [5.41, 5.74) is 3.23. The Morgan fingerprint density at radius 1 is 0.774 bits per heavy atom. The summed E-state index contributed by atoms with van der Waals surface area (Å²) in [4.78, 5) is 24.7. The summed E-state index contributed by atoms with van der Waals surface area (Å²) in [6.45, 7) is 7.17. The fraction of sp³-hybridized carbons (Fsp3) is 0.292. The number of carbonyl (C=O) groups is 2. The predicted octanol–water partition coefficient (Wildman–Crippen LogP) is 8.33. The zero-order valence-corrected chi connectivity index (χ0v) is 22.9. The topological polar surface area (TPSA) is 47.0 Å². The molecule has 0 aliphatic heterocycles. The molecule has 0 aliphatic rings. The first-order chi connectivity index (χ1) is 14.7. The van der Waals surface area contributed by atoms with Crippen molar-refractivity contribution in [2.75, 3.05) is 0 Å². The van der Waals surface area contributed by atoms with E-state index in [2.05, 4.69) is 49.2 Å². The molecule has 7 heteroatoms. The van der Waals surface area contributed by atoms with Crippen molar-refractivity contribution in [1.29, 1.82) is 0 Å². The van der Waals surface area contributed by atoms with E-state index in [1.807, 2.05) is 36.4 Å². The van der Waals surface area contributed by atoms with Gasteiger partial charge in [-0.1, -0.05) is 81.3 Å². The number of aromatic nitrogens is 1. The fourth-order valence-electron chi connectivity index (χ4n) is 2.19. The number of para-hydroxylation sites is 1. The molecule has 0 saturated heterocycles. The molecule has 0 atom stereocenters. The summed E-state index contributed by atoms with van der Waals surface area (Å²) in [6, 6.07) is 22.6. The maximum absolute atomic E-state index is 10.0. The molecule has 0 fully saturated rings. The Morgan fingerprint density at radius 3 is 1.71 bits per heavy atom. The van der Waals surface area contributed by atoms with E-state index in [4.69, 9.17) is 28.8 Å². The zero-order chi connectivity index (χ0) is 23.6. The number of carbonyl (C=O) groups excluding carboxylic acids is 2. The number of hydrogen-bond acceptors (Lipinski definition) is 3. The second-order valence-electron chi connectivity index (χ2n) is 6.48. The van der Waals surface area contributed by atoms with Crippen molar-refractivity contribution in [3.63, 3.8) is 0 Å². The Morgan fingerprint density at radius 2 is 1.26 bits per heavy atom. The molecule has 1 heterocycles. The number of Topliss-reactive ketones (excluding diaryl/α,β-unsaturated/α-hetero) is 2. The third kappa shape index (κ3) is 16.1. The average Bonchev–Trinajstić information content (AvgIpc) is 2.73. The van der Waals surface area contributed by atoms with Crippen LogP contribution in [0.3, 0.4) is 0 Å². The largest absolute Gasteiger partial charge is 0.248 e. The van der Waals surface area contributed by atoms with E-state index in [1.54, 1.807) is 0 Å².